The second-order valence-electron chi connectivity index (χ2n) is 1.13. The number of nitrogens with zero attached hydrogens (tertiary/aromatic N) is 1. The smallest absolute Gasteiger partial charge is 0.263 e. The van der Waals surface area contributed by atoms with Crippen molar-refractivity contribution in [3.63, 3.8) is 0 Å². The third-order valence-corrected chi connectivity index (χ3v) is 1.55. The van der Waals surface area contributed by atoms with Crippen LogP contribution in [-0.2, 0) is 0 Å². The second-order valence-corrected chi connectivity index (χ2v) is 2.19. The molecule has 0 rings (SSSR count). The molecule has 42 valence electrons. The summed E-state index contributed by atoms with van der Waals surface area (Å²) in [4.78, 5) is 8.77. The predicted octanol–water partition coefficient (Wildman–Crippen LogP) is 1.39. The van der Waals surface area contributed by atoms with Gasteiger partial charge in [-0.1, -0.05) is 6.92 Å². The van der Waals surface area contributed by atoms with E-state index in [1.165, 1.54) is 0 Å². The molecule has 0 fully saturated rings. The van der Waals surface area contributed by atoms with Gasteiger partial charge in [0.05, 0.1) is 0 Å². The Balaban J connectivity index is 3.34. The van der Waals surface area contributed by atoms with Gasteiger partial charge in [0.25, 0.3) is 4.95 Å². The van der Waals surface area contributed by atoms with Crippen LogP contribution < -0.4 is 0 Å². The number of hydrogen-bond acceptors (Lipinski definition) is 2. The van der Waals surface area contributed by atoms with Crippen molar-refractivity contribution < 1.29 is 4.92 Å². The molecule has 0 aliphatic carbocycles. The molecule has 0 saturated carbocycles. The first-order valence-electron chi connectivity index (χ1n) is 1.96. The first-order valence-corrected chi connectivity index (χ1v) is 2.87. The van der Waals surface area contributed by atoms with Gasteiger partial charge in [-0.15, -0.1) is 0 Å². The molecule has 0 radical (unpaired) electrons. The van der Waals surface area contributed by atoms with E-state index in [4.69, 9.17) is 0 Å². The molecule has 0 N–H and O–H groups in total. The summed E-state index contributed by atoms with van der Waals surface area (Å²) in [5.74, 6) is 0. The van der Waals surface area contributed by atoms with Crippen molar-refractivity contribution in [3.05, 3.63) is 10.1 Å². The molecule has 3 nitrogen and oxygen atoms in total. The molecule has 0 unspecified atom stereocenters. The Bertz CT molecular complexity index is 75.3. The van der Waals surface area contributed by atoms with E-state index in [1.54, 1.807) is 6.92 Å². The lowest BCUT2D eigenvalue weighted by Gasteiger charge is -1.92. The van der Waals surface area contributed by atoms with Gasteiger partial charge in [-0.05, 0) is 15.9 Å². The first kappa shape index (κ1) is 6.88. The summed E-state index contributed by atoms with van der Waals surface area (Å²) in [6.07, 6.45) is 0.535. The third-order valence-electron chi connectivity index (χ3n) is 0.566. The SMILES string of the molecule is CC[C@@H](Br)[N+](=O)[O-]. The number of nitro groups is 1. The minimum Gasteiger partial charge on any atom is -0.263 e. The Morgan fingerprint density at radius 1 is 2.00 bits per heavy atom. The summed E-state index contributed by atoms with van der Waals surface area (Å²) < 4.78 is 0. The quantitative estimate of drug-likeness (QED) is 0.270. The summed E-state index contributed by atoms with van der Waals surface area (Å²) in [6, 6.07) is 0. The number of halogens is 1. The number of hydrogen-bond donors (Lipinski definition) is 0. The van der Waals surface area contributed by atoms with Gasteiger partial charge in [0.1, 0.15) is 0 Å². The molecule has 0 aromatic rings. The number of rotatable bonds is 2. The van der Waals surface area contributed by atoms with Gasteiger partial charge in [0.15, 0.2) is 0 Å². The van der Waals surface area contributed by atoms with Crippen molar-refractivity contribution in [2.24, 2.45) is 0 Å². The van der Waals surface area contributed by atoms with Crippen molar-refractivity contribution in [1.82, 2.24) is 0 Å². The van der Waals surface area contributed by atoms with Gasteiger partial charge in [0.2, 0.25) is 0 Å². The van der Waals surface area contributed by atoms with E-state index < -0.39 is 4.95 Å². The van der Waals surface area contributed by atoms with Crippen LogP contribution in [0.4, 0.5) is 0 Å². The molecule has 0 bridgehead atoms. The van der Waals surface area contributed by atoms with Crippen LogP contribution in [0.3, 0.4) is 0 Å². The third kappa shape index (κ3) is 2.56. The lowest BCUT2D eigenvalue weighted by Crippen LogP contribution is -2.08. The highest BCUT2D eigenvalue weighted by Crippen LogP contribution is 2.02. The Kier molecular flexibility index (Phi) is 2.91. The fourth-order valence-electron chi connectivity index (χ4n) is 0.149. The zero-order chi connectivity index (χ0) is 5.86. The zero-order valence-electron chi connectivity index (χ0n) is 3.93. The lowest BCUT2D eigenvalue weighted by molar-refractivity contribution is -0.492. The standard InChI is InChI=1S/C3H6BrNO2/c1-2-3(4)5(6)7/h3H,2H2,1H3/t3-/m0/s1. The van der Waals surface area contributed by atoms with Gasteiger partial charge < -0.3 is 0 Å². The molecule has 1 atom stereocenters. The molecule has 0 aromatic heterocycles. The molecule has 0 aliphatic heterocycles. The molecular formula is C3H6BrNO2. The van der Waals surface area contributed by atoms with E-state index in [1.807, 2.05) is 0 Å². The van der Waals surface area contributed by atoms with Gasteiger partial charge in [-0.25, -0.2) is 0 Å². The molecule has 7 heavy (non-hydrogen) atoms. The highest BCUT2D eigenvalue weighted by molar-refractivity contribution is 9.09. The van der Waals surface area contributed by atoms with Crippen LogP contribution in [0.1, 0.15) is 13.3 Å². The highest BCUT2D eigenvalue weighted by Gasteiger charge is 2.08. The Morgan fingerprint density at radius 2 is 2.43 bits per heavy atom. The Morgan fingerprint density at radius 3 is 2.43 bits per heavy atom. The zero-order valence-corrected chi connectivity index (χ0v) is 5.51. The maximum atomic E-state index is 9.69. The van der Waals surface area contributed by atoms with Gasteiger partial charge in [-0.3, -0.25) is 10.1 Å². The fourth-order valence-corrected chi connectivity index (χ4v) is 0.149. The summed E-state index contributed by atoms with van der Waals surface area (Å²) in [6.45, 7) is 1.75. The Labute approximate surface area is 50.0 Å². The average Bonchev–Trinajstić information content (AvgIpc) is 1.65. The van der Waals surface area contributed by atoms with E-state index >= 15 is 0 Å². The monoisotopic (exact) mass is 167 g/mol. The molecule has 0 aromatic carbocycles. The second kappa shape index (κ2) is 2.96. The largest absolute Gasteiger partial charge is 0.265 e. The summed E-state index contributed by atoms with van der Waals surface area (Å²) in [7, 11) is 0. The van der Waals surface area contributed by atoms with Crippen molar-refractivity contribution >= 4 is 15.9 Å². The highest BCUT2D eigenvalue weighted by atomic mass is 79.9. The van der Waals surface area contributed by atoms with Crippen LogP contribution in [-0.4, -0.2) is 9.87 Å². The van der Waals surface area contributed by atoms with Gasteiger partial charge in [-0.2, -0.15) is 0 Å². The van der Waals surface area contributed by atoms with Crippen LogP contribution in [0.2, 0.25) is 0 Å². The van der Waals surface area contributed by atoms with E-state index in [-0.39, 0.29) is 4.92 Å². The summed E-state index contributed by atoms with van der Waals surface area (Å²) in [5, 5.41) is 9.69. The van der Waals surface area contributed by atoms with Crippen molar-refractivity contribution in [2.45, 2.75) is 18.3 Å². The van der Waals surface area contributed by atoms with Crippen molar-refractivity contribution in [2.75, 3.05) is 0 Å². The minimum absolute atomic E-state index is 0.361. The lowest BCUT2D eigenvalue weighted by atomic mass is 10.5. The van der Waals surface area contributed by atoms with Crippen LogP contribution in [0.15, 0.2) is 0 Å². The van der Waals surface area contributed by atoms with Crippen LogP contribution in [0.25, 0.3) is 0 Å². The van der Waals surface area contributed by atoms with Gasteiger partial charge in [0, 0.05) is 11.3 Å². The number of alkyl halides is 1. The topological polar surface area (TPSA) is 43.1 Å². The summed E-state index contributed by atoms with van der Waals surface area (Å²) in [5.41, 5.74) is 0. The van der Waals surface area contributed by atoms with E-state index in [2.05, 4.69) is 15.9 Å². The first-order chi connectivity index (χ1) is 3.18. The minimum atomic E-state index is -0.563. The maximum absolute atomic E-state index is 9.69. The molecule has 0 amide bonds. The van der Waals surface area contributed by atoms with Crippen LogP contribution in [0.5, 0.6) is 0 Å². The predicted molar refractivity (Wildman–Crippen MR) is 30.0 cm³/mol. The molecule has 0 saturated heterocycles. The molecule has 0 aliphatic rings. The van der Waals surface area contributed by atoms with Crippen molar-refractivity contribution in [1.29, 1.82) is 0 Å². The molecule has 0 heterocycles. The fraction of sp³-hybridized carbons (Fsp3) is 1.00. The van der Waals surface area contributed by atoms with Crippen LogP contribution in [0, 0.1) is 10.1 Å². The van der Waals surface area contributed by atoms with Crippen molar-refractivity contribution in [3.8, 4) is 0 Å². The van der Waals surface area contributed by atoms with Gasteiger partial charge >= 0.3 is 0 Å². The molecular weight excluding hydrogens is 162 g/mol. The molecule has 4 heteroatoms. The Hall–Kier alpha value is -0.120. The molecule has 0 spiro atoms. The van der Waals surface area contributed by atoms with Crippen LogP contribution >= 0.6 is 15.9 Å². The average molecular weight is 168 g/mol. The maximum Gasteiger partial charge on any atom is 0.265 e. The summed E-state index contributed by atoms with van der Waals surface area (Å²) >= 11 is 2.84. The van der Waals surface area contributed by atoms with E-state index in [0.717, 1.165) is 0 Å². The van der Waals surface area contributed by atoms with E-state index in [9.17, 15) is 10.1 Å². The normalized spacial score (nSPS) is 13.4. The van der Waals surface area contributed by atoms with E-state index in [0.29, 0.717) is 6.42 Å².